The average Bonchev–Trinajstić information content (AvgIpc) is 2.74. The molecular formula is C7H6N4O2. The second-order valence-corrected chi connectivity index (χ2v) is 2.31. The largest absolute Gasteiger partial charge is 0.363 e. The summed E-state index contributed by atoms with van der Waals surface area (Å²) in [5.74, 6) is 0.0750. The minimum Gasteiger partial charge on any atom is -0.363 e. The number of H-pyrrole nitrogens is 1. The van der Waals surface area contributed by atoms with Crippen LogP contribution < -0.4 is 5.32 Å². The van der Waals surface area contributed by atoms with Crippen molar-refractivity contribution in [1.29, 1.82) is 0 Å². The molecule has 6 nitrogen and oxygen atoms in total. The third-order valence-corrected chi connectivity index (χ3v) is 1.42. The highest BCUT2D eigenvalue weighted by molar-refractivity contribution is 6.02. The van der Waals surface area contributed by atoms with E-state index in [1.165, 1.54) is 12.5 Å². The van der Waals surface area contributed by atoms with Gasteiger partial charge >= 0.3 is 0 Å². The van der Waals surface area contributed by atoms with Gasteiger partial charge in [0.25, 0.3) is 5.91 Å². The fraction of sp³-hybridized carbons (Fsp3) is 0. The molecule has 0 aliphatic rings. The topological polar surface area (TPSA) is 83.8 Å². The number of hydrogen-bond acceptors (Lipinski definition) is 4. The molecule has 0 saturated carbocycles. The standard InChI is InChI=1S/C7H6N4O2/c12-7(5-1-3-8-10-5)9-6-2-4-13-11-6/h1-4H,(H,8,10)(H,9,11,12). The van der Waals surface area contributed by atoms with E-state index in [2.05, 4.69) is 25.2 Å². The van der Waals surface area contributed by atoms with Crippen LogP contribution in [0, 0.1) is 0 Å². The van der Waals surface area contributed by atoms with Gasteiger partial charge in [-0.05, 0) is 6.07 Å². The molecule has 2 rings (SSSR count). The van der Waals surface area contributed by atoms with Crippen LogP contribution >= 0.6 is 0 Å². The number of rotatable bonds is 2. The van der Waals surface area contributed by atoms with Crippen molar-refractivity contribution in [3.05, 3.63) is 30.3 Å². The van der Waals surface area contributed by atoms with Crippen LogP contribution in [0.15, 0.2) is 29.1 Å². The maximum absolute atomic E-state index is 11.3. The van der Waals surface area contributed by atoms with Crippen molar-refractivity contribution in [2.24, 2.45) is 0 Å². The molecule has 0 unspecified atom stereocenters. The van der Waals surface area contributed by atoms with Crippen molar-refractivity contribution in [1.82, 2.24) is 15.4 Å². The van der Waals surface area contributed by atoms with Crippen LogP contribution in [0.5, 0.6) is 0 Å². The van der Waals surface area contributed by atoms with Crippen LogP contribution in [0.25, 0.3) is 0 Å². The number of anilines is 1. The van der Waals surface area contributed by atoms with Crippen molar-refractivity contribution in [2.45, 2.75) is 0 Å². The van der Waals surface area contributed by atoms with Crippen LogP contribution in [-0.4, -0.2) is 21.3 Å². The Morgan fingerprint density at radius 1 is 1.54 bits per heavy atom. The van der Waals surface area contributed by atoms with Gasteiger partial charge in [-0.15, -0.1) is 0 Å². The zero-order chi connectivity index (χ0) is 9.10. The molecule has 2 aromatic heterocycles. The van der Waals surface area contributed by atoms with Crippen molar-refractivity contribution in [2.75, 3.05) is 5.32 Å². The molecule has 0 aromatic carbocycles. The number of carbonyl (C=O) groups excluding carboxylic acids is 1. The highest BCUT2D eigenvalue weighted by Gasteiger charge is 2.07. The molecule has 2 heterocycles. The van der Waals surface area contributed by atoms with E-state index in [1.54, 1.807) is 12.1 Å². The van der Waals surface area contributed by atoms with Crippen LogP contribution in [0.1, 0.15) is 10.5 Å². The first kappa shape index (κ1) is 7.53. The monoisotopic (exact) mass is 178 g/mol. The SMILES string of the molecule is O=C(Nc1ccon1)c1ccn[nH]1. The molecule has 13 heavy (non-hydrogen) atoms. The van der Waals surface area contributed by atoms with E-state index in [1.807, 2.05) is 0 Å². The summed E-state index contributed by atoms with van der Waals surface area (Å²) in [5.41, 5.74) is 0.378. The molecule has 0 saturated heterocycles. The summed E-state index contributed by atoms with van der Waals surface area (Å²) in [5, 5.41) is 12.2. The molecule has 0 bridgehead atoms. The summed E-state index contributed by atoms with van der Waals surface area (Å²) >= 11 is 0. The first-order chi connectivity index (χ1) is 6.36. The lowest BCUT2D eigenvalue weighted by atomic mass is 10.4. The first-order valence-corrected chi connectivity index (χ1v) is 3.57. The summed E-state index contributed by atoms with van der Waals surface area (Å²) in [4.78, 5) is 11.3. The van der Waals surface area contributed by atoms with Crippen LogP contribution in [0.3, 0.4) is 0 Å². The van der Waals surface area contributed by atoms with Gasteiger partial charge < -0.3 is 9.84 Å². The fourth-order valence-electron chi connectivity index (χ4n) is 0.843. The summed E-state index contributed by atoms with van der Waals surface area (Å²) < 4.78 is 4.54. The molecule has 0 atom stereocenters. The highest BCUT2D eigenvalue weighted by atomic mass is 16.5. The van der Waals surface area contributed by atoms with Crippen molar-refractivity contribution in [3.8, 4) is 0 Å². The van der Waals surface area contributed by atoms with Gasteiger partial charge in [-0.2, -0.15) is 5.10 Å². The van der Waals surface area contributed by atoms with Gasteiger partial charge in [-0.1, -0.05) is 5.16 Å². The number of carbonyl (C=O) groups is 1. The van der Waals surface area contributed by atoms with E-state index in [-0.39, 0.29) is 5.91 Å². The predicted octanol–water partition coefficient (Wildman–Crippen LogP) is 0.650. The van der Waals surface area contributed by atoms with E-state index in [0.717, 1.165) is 0 Å². The van der Waals surface area contributed by atoms with E-state index < -0.39 is 0 Å². The van der Waals surface area contributed by atoms with Crippen molar-refractivity contribution in [3.63, 3.8) is 0 Å². The first-order valence-electron chi connectivity index (χ1n) is 3.57. The normalized spacial score (nSPS) is 9.85. The Kier molecular flexibility index (Phi) is 1.79. The van der Waals surface area contributed by atoms with Gasteiger partial charge in [0.15, 0.2) is 5.82 Å². The van der Waals surface area contributed by atoms with Crippen molar-refractivity contribution < 1.29 is 9.32 Å². The Hall–Kier alpha value is -2.11. The van der Waals surface area contributed by atoms with Crippen LogP contribution in [0.4, 0.5) is 5.82 Å². The van der Waals surface area contributed by atoms with Gasteiger partial charge in [0.05, 0.1) is 0 Å². The quantitative estimate of drug-likeness (QED) is 0.707. The number of amides is 1. The molecule has 0 spiro atoms. The van der Waals surface area contributed by atoms with Gasteiger partial charge in [0.2, 0.25) is 0 Å². The molecule has 2 aromatic rings. The van der Waals surface area contributed by atoms with Crippen LogP contribution in [0.2, 0.25) is 0 Å². The minimum absolute atomic E-state index is 0.300. The van der Waals surface area contributed by atoms with E-state index in [0.29, 0.717) is 11.5 Å². The lowest BCUT2D eigenvalue weighted by Crippen LogP contribution is -2.12. The lowest BCUT2D eigenvalue weighted by molar-refractivity contribution is 0.102. The molecule has 66 valence electrons. The van der Waals surface area contributed by atoms with Crippen LogP contribution in [-0.2, 0) is 0 Å². The van der Waals surface area contributed by atoms with Gasteiger partial charge in [0.1, 0.15) is 12.0 Å². The number of nitrogens with zero attached hydrogens (tertiary/aromatic N) is 2. The minimum atomic E-state index is -0.300. The molecule has 0 aliphatic heterocycles. The van der Waals surface area contributed by atoms with Gasteiger partial charge in [-0.25, -0.2) is 0 Å². The van der Waals surface area contributed by atoms with E-state index in [9.17, 15) is 4.79 Å². The average molecular weight is 178 g/mol. The Morgan fingerprint density at radius 3 is 3.08 bits per heavy atom. The Bertz CT molecular complexity index is 379. The zero-order valence-electron chi connectivity index (χ0n) is 6.52. The Balaban J connectivity index is 2.08. The smallest absolute Gasteiger partial charge is 0.274 e. The third-order valence-electron chi connectivity index (χ3n) is 1.42. The number of nitrogens with one attached hydrogen (secondary N) is 2. The maximum atomic E-state index is 11.3. The predicted molar refractivity (Wildman–Crippen MR) is 43.0 cm³/mol. The molecule has 6 heteroatoms. The summed E-state index contributed by atoms with van der Waals surface area (Å²) in [6, 6.07) is 3.11. The summed E-state index contributed by atoms with van der Waals surface area (Å²) in [6.07, 6.45) is 2.88. The van der Waals surface area contributed by atoms with Crippen molar-refractivity contribution >= 4 is 11.7 Å². The highest BCUT2D eigenvalue weighted by Crippen LogP contribution is 2.03. The second-order valence-electron chi connectivity index (χ2n) is 2.31. The molecule has 0 aliphatic carbocycles. The molecule has 2 N–H and O–H groups in total. The zero-order valence-corrected chi connectivity index (χ0v) is 6.52. The Morgan fingerprint density at radius 2 is 2.46 bits per heavy atom. The Labute approximate surface area is 72.9 Å². The maximum Gasteiger partial charge on any atom is 0.274 e. The molecule has 0 radical (unpaired) electrons. The fourth-order valence-corrected chi connectivity index (χ4v) is 0.843. The number of aromatic amines is 1. The van der Waals surface area contributed by atoms with Gasteiger partial charge in [-0.3, -0.25) is 9.89 Å². The van der Waals surface area contributed by atoms with E-state index in [4.69, 9.17) is 0 Å². The number of hydrogen-bond donors (Lipinski definition) is 2. The summed E-state index contributed by atoms with van der Waals surface area (Å²) in [7, 11) is 0. The molecule has 1 amide bonds. The lowest BCUT2D eigenvalue weighted by Gasteiger charge is -1.95. The third kappa shape index (κ3) is 1.56. The number of aromatic nitrogens is 3. The summed E-state index contributed by atoms with van der Waals surface area (Å²) in [6.45, 7) is 0. The molecule has 0 fully saturated rings. The second kappa shape index (κ2) is 3.10. The van der Waals surface area contributed by atoms with E-state index >= 15 is 0 Å². The molecular weight excluding hydrogens is 172 g/mol. The van der Waals surface area contributed by atoms with Gasteiger partial charge in [0, 0.05) is 12.3 Å².